The summed E-state index contributed by atoms with van der Waals surface area (Å²) in [6.45, 7) is 1.00. The van der Waals surface area contributed by atoms with Crippen LogP contribution >= 0.6 is 27.5 Å². The van der Waals surface area contributed by atoms with Crippen LogP contribution in [-0.4, -0.2) is 32.1 Å². The smallest absolute Gasteiger partial charge is 0.253 e. The Labute approximate surface area is 124 Å². The molecule has 1 fully saturated rings. The number of hydrogen-bond donors (Lipinski definition) is 2. The molecule has 2 N–H and O–H groups in total. The summed E-state index contributed by atoms with van der Waals surface area (Å²) >= 11 is 9.34. The van der Waals surface area contributed by atoms with Crippen molar-refractivity contribution in [2.45, 2.75) is 6.04 Å². The molecule has 2 rings (SSSR count). The van der Waals surface area contributed by atoms with E-state index in [4.69, 9.17) is 16.3 Å². The van der Waals surface area contributed by atoms with Crippen molar-refractivity contribution in [3.8, 4) is 0 Å². The van der Waals surface area contributed by atoms with Gasteiger partial charge in [0.2, 0.25) is 0 Å². The summed E-state index contributed by atoms with van der Waals surface area (Å²) in [4.78, 5) is 16.1. The van der Waals surface area contributed by atoms with Gasteiger partial charge in [-0.3, -0.25) is 15.1 Å². The van der Waals surface area contributed by atoms with Crippen LogP contribution in [0.25, 0.3) is 0 Å². The lowest BCUT2D eigenvalue weighted by molar-refractivity contribution is -0.120. The van der Waals surface area contributed by atoms with Crippen molar-refractivity contribution in [2.24, 2.45) is 4.99 Å². The molecule has 0 aromatic heterocycles. The predicted molar refractivity (Wildman–Crippen MR) is 77.3 cm³/mol. The van der Waals surface area contributed by atoms with Crippen LogP contribution in [0, 0.1) is 0 Å². The number of rotatable bonds is 4. The molecule has 0 aliphatic carbocycles. The van der Waals surface area contributed by atoms with Crippen molar-refractivity contribution in [1.29, 1.82) is 0 Å². The molecule has 0 saturated carbocycles. The van der Waals surface area contributed by atoms with Crippen LogP contribution in [0.4, 0.5) is 0 Å². The van der Waals surface area contributed by atoms with E-state index in [9.17, 15) is 4.79 Å². The van der Waals surface area contributed by atoms with Crippen LogP contribution in [0.5, 0.6) is 0 Å². The highest BCUT2D eigenvalue weighted by molar-refractivity contribution is 9.10. The monoisotopic (exact) mass is 345 g/mol. The fraction of sp³-hybridized carbons (Fsp3) is 0.333. The van der Waals surface area contributed by atoms with Crippen molar-refractivity contribution in [1.82, 2.24) is 10.6 Å². The van der Waals surface area contributed by atoms with Crippen LogP contribution in [0.3, 0.4) is 0 Å². The summed E-state index contributed by atoms with van der Waals surface area (Å²) in [5, 5.41) is 6.27. The lowest BCUT2D eigenvalue weighted by Gasteiger charge is -2.09. The maximum Gasteiger partial charge on any atom is 0.253 e. The average Bonchev–Trinajstić information content (AvgIpc) is 2.74. The van der Waals surface area contributed by atoms with E-state index in [-0.39, 0.29) is 5.91 Å². The van der Waals surface area contributed by atoms with Crippen molar-refractivity contribution < 1.29 is 9.53 Å². The molecule has 1 atom stereocenters. The Bertz CT molecular complexity index is 522. The van der Waals surface area contributed by atoms with Gasteiger partial charge in [-0.25, -0.2) is 0 Å². The minimum atomic E-state index is -0.466. The van der Waals surface area contributed by atoms with Gasteiger partial charge in [-0.1, -0.05) is 17.7 Å². The van der Waals surface area contributed by atoms with Crippen LogP contribution in [0.2, 0.25) is 5.02 Å². The second kappa shape index (κ2) is 6.36. The second-order valence-electron chi connectivity index (χ2n) is 3.96. The molecular formula is C12H13BrClN3O2. The van der Waals surface area contributed by atoms with E-state index in [0.29, 0.717) is 24.1 Å². The molecule has 19 heavy (non-hydrogen) atoms. The summed E-state index contributed by atoms with van der Waals surface area (Å²) < 4.78 is 5.70. The number of carbonyl (C=O) groups is 1. The number of nitrogens with one attached hydrogen (secondary N) is 2. The van der Waals surface area contributed by atoms with Crippen LogP contribution in [0.1, 0.15) is 11.6 Å². The number of halogens is 2. The van der Waals surface area contributed by atoms with Crippen molar-refractivity contribution >= 4 is 39.4 Å². The highest BCUT2D eigenvalue weighted by atomic mass is 79.9. The maximum absolute atomic E-state index is 11.9. The van der Waals surface area contributed by atoms with Gasteiger partial charge in [-0.15, -0.1) is 0 Å². The third-order valence-corrected chi connectivity index (χ3v) is 3.86. The Morgan fingerprint density at radius 2 is 2.32 bits per heavy atom. The molecule has 0 bridgehead atoms. The molecule has 102 valence electrons. The molecule has 5 nitrogen and oxygen atoms in total. The van der Waals surface area contributed by atoms with Gasteiger partial charge in [0, 0.05) is 11.6 Å². The summed E-state index contributed by atoms with van der Waals surface area (Å²) in [6, 6.07) is 4.94. The molecule has 7 heteroatoms. The molecule has 1 aliphatic rings. The Kier molecular flexibility index (Phi) is 4.79. The first-order chi connectivity index (χ1) is 9.11. The number of hydrogen-bond acceptors (Lipinski definition) is 3. The number of benzene rings is 1. The number of guanidine groups is 1. The molecule has 1 amide bonds. The van der Waals surface area contributed by atoms with Crippen molar-refractivity contribution in [3.63, 3.8) is 0 Å². The lowest BCUT2D eigenvalue weighted by Crippen LogP contribution is -2.26. The van der Waals surface area contributed by atoms with Gasteiger partial charge in [0.25, 0.3) is 5.91 Å². The van der Waals surface area contributed by atoms with Gasteiger partial charge >= 0.3 is 0 Å². The van der Waals surface area contributed by atoms with Gasteiger partial charge in [-0.2, -0.15) is 0 Å². The molecule has 1 aromatic carbocycles. The second-order valence-corrected chi connectivity index (χ2v) is 5.22. The van der Waals surface area contributed by atoms with Crippen LogP contribution < -0.4 is 10.6 Å². The first-order valence-corrected chi connectivity index (χ1v) is 6.84. The Hall–Kier alpha value is -1.11. The van der Waals surface area contributed by atoms with Crippen molar-refractivity contribution in [2.75, 3.05) is 20.3 Å². The Morgan fingerprint density at radius 1 is 1.53 bits per heavy atom. The summed E-state index contributed by atoms with van der Waals surface area (Å²) in [6.07, 6.45) is 0. The molecule has 1 heterocycles. The minimum absolute atomic E-state index is 0.144. The predicted octanol–water partition coefficient (Wildman–Crippen LogP) is 1.87. The van der Waals surface area contributed by atoms with Crippen LogP contribution in [0.15, 0.2) is 27.7 Å². The summed E-state index contributed by atoms with van der Waals surface area (Å²) in [5.74, 6) is 0.320. The van der Waals surface area contributed by atoms with E-state index in [1.807, 2.05) is 12.1 Å². The van der Waals surface area contributed by atoms with E-state index in [0.717, 1.165) is 10.0 Å². The van der Waals surface area contributed by atoms with Crippen molar-refractivity contribution in [3.05, 3.63) is 33.3 Å². The largest absolute Gasteiger partial charge is 0.383 e. The van der Waals surface area contributed by atoms with E-state index >= 15 is 0 Å². The third kappa shape index (κ3) is 3.46. The normalized spacial score (nSPS) is 20.5. The van der Waals surface area contributed by atoms with Gasteiger partial charge in [0.15, 0.2) is 5.96 Å². The van der Waals surface area contributed by atoms with Gasteiger partial charge in [0.1, 0.15) is 6.04 Å². The minimum Gasteiger partial charge on any atom is -0.383 e. The Morgan fingerprint density at radius 3 is 3.00 bits per heavy atom. The third-order valence-electron chi connectivity index (χ3n) is 2.63. The number of carbonyl (C=O) groups excluding carboxylic acids is 1. The first kappa shape index (κ1) is 14.3. The number of aliphatic imine (C=N–C) groups is 1. The SMILES string of the molecule is COCCN=C1NC(=O)C(c2ccc(Br)c(Cl)c2)N1. The molecule has 1 saturated heterocycles. The van der Waals surface area contributed by atoms with E-state index in [1.165, 1.54) is 0 Å². The highest BCUT2D eigenvalue weighted by Crippen LogP contribution is 2.27. The molecule has 0 radical (unpaired) electrons. The molecular weight excluding hydrogens is 334 g/mol. The van der Waals surface area contributed by atoms with E-state index < -0.39 is 6.04 Å². The summed E-state index contributed by atoms with van der Waals surface area (Å²) in [7, 11) is 1.60. The fourth-order valence-electron chi connectivity index (χ4n) is 1.69. The number of ether oxygens (including phenoxy) is 1. The molecule has 1 aliphatic heterocycles. The maximum atomic E-state index is 11.9. The topological polar surface area (TPSA) is 62.7 Å². The number of amides is 1. The first-order valence-electron chi connectivity index (χ1n) is 5.67. The quantitative estimate of drug-likeness (QED) is 0.818. The molecule has 1 unspecified atom stereocenters. The zero-order valence-electron chi connectivity index (χ0n) is 10.2. The molecule has 1 aromatic rings. The number of nitrogens with zero attached hydrogens (tertiary/aromatic N) is 1. The van der Waals surface area contributed by atoms with E-state index in [2.05, 4.69) is 31.6 Å². The fourth-order valence-corrected chi connectivity index (χ4v) is 2.12. The molecule has 0 spiro atoms. The Balaban J connectivity index is 2.11. The zero-order chi connectivity index (χ0) is 13.8. The number of methoxy groups -OCH3 is 1. The van der Waals surface area contributed by atoms with Gasteiger partial charge in [-0.05, 0) is 33.6 Å². The summed E-state index contributed by atoms with van der Waals surface area (Å²) in [5.41, 5.74) is 0.794. The highest BCUT2D eigenvalue weighted by Gasteiger charge is 2.29. The standard InChI is InChI=1S/C12H13BrClN3O2/c1-19-5-4-15-12-16-10(11(18)17-12)7-2-3-8(13)9(14)6-7/h2-3,6,10H,4-5H2,1H3,(H2,15,16,17,18). The van der Waals surface area contributed by atoms with Crippen LogP contribution in [-0.2, 0) is 9.53 Å². The van der Waals surface area contributed by atoms with Gasteiger partial charge in [0.05, 0.1) is 18.2 Å². The zero-order valence-corrected chi connectivity index (χ0v) is 12.6. The lowest BCUT2D eigenvalue weighted by atomic mass is 10.1. The van der Waals surface area contributed by atoms with Gasteiger partial charge < -0.3 is 10.1 Å². The van der Waals surface area contributed by atoms with E-state index in [1.54, 1.807) is 13.2 Å². The average molecular weight is 347 g/mol.